The Balaban J connectivity index is 2.01. The molecule has 5 heteroatoms. The Morgan fingerprint density at radius 1 is 1.12 bits per heavy atom. The van der Waals surface area contributed by atoms with Crippen LogP contribution < -0.4 is 15.5 Å². The number of amides is 3. The molecule has 1 atom stereocenters. The third kappa shape index (κ3) is 3.65. The van der Waals surface area contributed by atoms with Crippen LogP contribution in [0.4, 0.5) is 10.5 Å². The molecule has 2 aromatic rings. The van der Waals surface area contributed by atoms with Crippen LogP contribution in [-0.2, 0) is 11.2 Å². The van der Waals surface area contributed by atoms with E-state index in [4.69, 9.17) is 0 Å². The number of hydrogen-bond acceptors (Lipinski definition) is 3. The highest BCUT2D eigenvalue weighted by Gasteiger charge is 2.31. The van der Waals surface area contributed by atoms with E-state index >= 15 is 0 Å². The van der Waals surface area contributed by atoms with Crippen LogP contribution in [0.15, 0.2) is 48.5 Å². The van der Waals surface area contributed by atoms with E-state index in [1.807, 2.05) is 30.3 Å². The molecule has 0 fully saturated rings. The Hall–Kier alpha value is -2.82. The fraction of sp³-hybridized carbons (Fsp3) is 0.300. The van der Waals surface area contributed by atoms with Crippen molar-refractivity contribution in [2.24, 2.45) is 0 Å². The zero-order valence-corrected chi connectivity index (χ0v) is 14.6. The highest BCUT2D eigenvalue weighted by molar-refractivity contribution is 5.99. The monoisotopic (exact) mass is 337 g/mol. The van der Waals surface area contributed by atoms with Gasteiger partial charge in [-0.1, -0.05) is 48.0 Å². The molecule has 0 radical (unpaired) electrons. The summed E-state index contributed by atoms with van der Waals surface area (Å²) in [6, 6.07) is 14.9. The summed E-state index contributed by atoms with van der Waals surface area (Å²) in [6.45, 7) is 2.85. The van der Waals surface area contributed by atoms with E-state index in [0.717, 1.165) is 30.6 Å². The molecule has 0 unspecified atom stereocenters. The number of nitrogens with zero attached hydrogens (tertiary/aromatic N) is 1. The van der Waals surface area contributed by atoms with E-state index in [2.05, 4.69) is 40.7 Å². The number of benzene rings is 2. The van der Waals surface area contributed by atoms with Crippen LogP contribution in [0.1, 0.15) is 29.2 Å². The summed E-state index contributed by atoms with van der Waals surface area (Å²) >= 11 is 0. The Kier molecular flexibility index (Phi) is 5.03. The van der Waals surface area contributed by atoms with Gasteiger partial charge in [0.15, 0.2) is 0 Å². The van der Waals surface area contributed by atoms with Crippen molar-refractivity contribution < 1.29 is 9.59 Å². The van der Waals surface area contributed by atoms with E-state index in [9.17, 15) is 9.59 Å². The fourth-order valence-electron chi connectivity index (χ4n) is 3.37. The minimum absolute atomic E-state index is 0.320. The summed E-state index contributed by atoms with van der Waals surface area (Å²) in [5, 5.41) is 4.88. The maximum atomic E-state index is 12.9. The van der Waals surface area contributed by atoms with E-state index < -0.39 is 12.1 Å². The van der Waals surface area contributed by atoms with Crippen LogP contribution in [0.5, 0.6) is 0 Å². The molecule has 1 aliphatic heterocycles. The lowest BCUT2D eigenvalue weighted by Gasteiger charge is -2.37. The first-order valence-electron chi connectivity index (χ1n) is 8.54. The average molecular weight is 337 g/mol. The number of anilines is 1. The van der Waals surface area contributed by atoms with Crippen LogP contribution in [-0.4, -0.2) is 25.5 Å². The zero-order chi connectivity index (χ0) is 17.8. The molecule has 0 bridgehead atoms. The molecule has 25 heavy (non-hydrogen) atoms. The number of nitrogens with one attached hydrogen (secondary N) is 2. The second-order valence-electron chi connectivity index (χ2n) is 6.31. The summed E-state index contributed by atoms with van der Waals surface area (Å²) in [5.74, 6) is -0.320. The van der Waals surface area contributed by atoms with E-state index in [1.54, 1.807) is 0 Å². The Morgan fingerprint density at radius 2 is 1.88 bits per heavy atom. The van der Waals surface area contributed by atoms with Gasteiger partial charge in [0, 0.05) is 19.3 Å². The zero-order valence-electron chi connectivity index (χ0n) is 14.6. The van der Waals surface area contributed by atoms with Crippen molar-refractivity contribution in [3.63, 3.8) is 0 Å². The average Bonchev–Trinajstić information content (AvgIpc) is 2.62. The molecule has 1 aliphatic rings. The molecule has 1 heterocycles. The highest BCUT2D eigenvalue weighted by Crippen LogP contribution is 2.34. The molecule has 2 aromatic carbocycles. The highest BCUT2D eigenvalue weighted by atomic mass is 16.2. The lowest BCUT2D eigenvalue weighted by Crippen LogP contribution is -2.47. The van der Waals surface area contributed by atoms with Gasteiger partial charge in [-0.3, -0.25) is 10.1 Å². The minimum Gasteiger partial charge on any atom is -0.356 e. The van der Waals surface area contributed by atoms with Gasteiger partial charge >= 0.3 is 6.03 Å². The Labute approximate surface area is 148 Å². The van der Waals surface area contributed by atoms with Gasteiger partial charge in [0.2, 0.25) is 0 Å². The lowest BCUT2D eigenvalue weighted by atomic mass is 9.95. The Bertz CT molecular complexity index is 774. The van der Waals surface area contributed by atoms with Crippen molar-refractivity contribution in [2.45, 2.75) is 25.8 Å². The summed E-state index contributed by atoms with van der Waals surface area (Å²) in [4.78, 5) is 26.6. The third-order valence-corrected chi connectivity index (χ3v) is 4.53. The molecule has 0 saturated heterocycles. The minimum atomic E-state index is -0.541. The lowest BCUT2D eigenvalue weighted by molar-refractivity contribution is -0.121. The van der Waals surface area contributed by atoms with Crippen molar-refractivity contribution in [2.75, 3.05) is 18.5 Å². The first-order valence-corrected chi connectivity index (χ1v) is 8.54. The number of imide groups is 1. The number of rotatable bonds is 3. The molecule has 0 aliphatic carbocycles. The van der Waals surface area contributed by atoms with E-state index in [0.29, 0.717) is 0 Å². The number of carbonyl (C=O) groups excluding carboxylic acids is 2. The van der Waals surface area contributed by atoms with Crippen LogP contribution in [0.3, 0.4) is 0 Å². The molecule has 130 valence electrons. The first kappa shape index (κ1) is 17.0. The van der Waals surface area contributed by atoms with E-state index in [-0.39, 0.29) is 5.91 Å². The van der Waals surface area contributed by atoms with Gasteiger partial charge in [0.05, 0.1) is 0 Å². The van der Waals surface area contributed by atoms with Gasteiger partial charge in [-0.05, 0) is 37.0 Å². The molecular weight excluding hydrogens is 314 g/mol. The summed E-state index contributed by atoms with van der Waals surface area (Å²) in [7, 11) is 1.50. The Morgan fingerprint density at radius 3 is 2.60 bits per heavy atom. The SMILES string of the molecule is CNC(=O)NC(=O)[C@H](c1ccccc1)N1CCCc2cc(C)ccc21. The first-order chi connectivity index (χ1) is 12.1. The molecule has 0 aromatic heterocycles. The molecule has 0 saturated carbocycles. The van der Waals surface area contributed by atoms with Crippen molar-refractivity contribution in [1.82, 2.24) is 10.6 Å². The smallest absolute Gasteiger partial charge is 0.321 e. The molecule has 3 amide bonds. The number of aryl methyl sites for hydroxylation is 2. The predicted molar refractivity (Wildman–Crippen MR) is 98.6 cm³/mol. The van der Waals surface area contributed by atoms with Gasteiger partial charge in [0.1, 0.15) is 6.04 Å². The van der Waals surface area contributed by atoms with Gasteiger partial charge < -0.3 is 10.2 Å². The number of fused-ring (bicyclic) bond motifs is 1. The maximum Gasteiger partial charge on any atom is 0.321 e. The number of carbonyl (C=O) groups is 2. The normalized spacial score (nSPS) is 14.4. The summed E-state index contributed by atoms with van der Waals surface area (Å²) < 4.78 is 0. The molecular formula is C20H23N3O2. The van der Waals surface area contributed by atoms with Gasteiger partial charge in [-0.2, -0.15) is 0 Å². The third-order valence-electron chi connectivity index (χ3n) is 4.53. The standard InChI is InChI=1S/C20H23N3O2/c1-14-10-11-17-16(13-14)9-6-12-23(17)18(15-7-4-3-5-8-15)19(24)22-20(25)21-2/h3-5,7-8,10-11,13,18H,6,9,12H2,1-2H3,(H2,21,22,24,25)/t18-/m0/s1. The predicted octanol–water partition coefficient (Wildman–Crippen LogP) is 2.94. The molecule has 5 nitrogen and oxygen atoms in total. The topological polar surface area (TPSA) is 61.4 Å². The van der Waals surface area contributed by atoms with Crippen molar-refractivity contribution in [1.29, 1.82) is 0 Å². The van der Waals surface area contributed by atoms with Gasteiger partial charge in [-0.15, -0.1) is 0 Å². The van der Waals surface area contributed by atoms with Gasteiger partial charge in [0.25, 0.3) is 5.91 Å². The molecule has 2 N–H and O–H groups in total. The van der Waals surface area contributed by atoms with Crippen LogP contribution in [0, 0.1) is 6.92 Å². The molecule has 0 spiro atoms. The summed E-state index contributed by atoms with van der Waals surface area (Å²) in [6.07, 6.45) is 1.99. The van der Waals surface area contributed by atoms with E-state index in [1.165, 1.54) is 18.2 Å². The van der Waals surface area contributed by atoms with Crippen molar-refractivity contribution >= 4 is 17.6 Å². The van der Waals surface area contributed by atoms with Crippen LogP contribution in [0.25, 0.3) is 0 Å². The number of urea groups is 1. The maximum absolute atomic E-state index is 12.9. The van der Waals surface area contributed by atoms with Crippen molar-refractivity contribution in [3.05, 3.63) is 65.2 Å². The summed E-state index contributed by atoms with van der Waals surface area (Å²) in [5.41, 5.74) is 4.40. The van der Waals surface area contributed by atoms with Crippen LogP contribution in [0.2, 0.25) is 0 Å². The second-order valence-corrected chi connectivity index (χ2v) is 6.31. The number of hydrogen-bond donors (Lipinski definition) is 2. The van der Waals surface area contributed by atoms with Crippen LogP contribution >= 0.6 is 0 Å². The second kappa shape index (κ2) is 7.38. The molecule has 3 rings (SSSR count). The largest absolute Gasteiger partial charge is 0.356 e. The van der Waals surface area contributed by atoms with Gasteiger partial charge in [-0.25, -0.2) is 4.79 Å². The quantitative estimate of drug-likeness (QED) is 0.905. The fourth-order valence-corrected chi connectivity index (χ4v) is 3.37. The van der Waals surface area contributed by atoms with Crippen molar-refractivity contribution in [3.8, 4) is 0 Å².